The highest BCUT2D eigenvalue weighted by molar-refractivity contribution is 6.60. The van der Waals surface area contributed by atoms with Crippen molar-refractivity contribution >= 4 is 15.0 Å². The quantitative estimate of drug-likeness (QED) is 0.156. The predicted molar refractivity (Wildman–Crippen MR) is 65.7 cm³/mol. The first kappa shape index (κ1) is 15.6. The molecule has 0 radical (unpaired) electrons. The second kappa shape index (κ2) is 8.69. The molecule has 0 bridgehead atoms. The van der Waals surface area contributed by atoms with Crippen LogP contribution in [0, 0.1) is 5.21 Å². The molecule has 0 saturated carbocycles. The van der Waals surface area contributed by atoms with Crippen molar-refractivity contribution in [3.05, 3.63) is 5.21 Å². The van der Waals surface area contributed by atoms with Gasteiger partial charge < -0.3 is 18.5 Å². The summed E-state index contributed by atoms with van der Waals surface area (Å²) in [7, 11) is 3.99. The molecule has 0 aliphatic carbocycles. The Kier molecular flexibility index (Phi) is 8.45. The zero-order valence-corrected chi connectivity index (χ0v) is 11.7. The smallest absolute Gasteiger partial charge is 0.500 e. The third-order valence-corrected chi connectivity index (χ3v) is 5.34. The van der Waals surface area contributed by atoms with Crippen molar-refractivity contribution in [2.45, 2.75) is 31.7 Å². The fraction of sp³-hybridized carbons (Fsp3) is 0.900. The van der Waals surface area contributed by atoms with Crippen molar-refractivity contribution in [2.75, 3.05) is 28.4 Å². The zero-order chi connectivity index (χ0) is 12.4. The molecule has 5 nitrogen and oxygen atoms in total. The van der Waals surface area contributed by atoms with Crippen LogP contribution in [0.4, 0.5) is 0 Å². The first-order valence-corrected chi connectivity index (χ1v) is 7.42. The van der Waals surface area contributed by atoms with E-state index in [-0.39, 0.29) is 0 Å². The number of hydrogen-bond donors (Lipinski definition) is 0. The third-order valence-electron chi connectivity index (χ3n) is 2.51. The molecular weight excluding hydrogens is 226 g/mol. The molecule has 0 aliphatic rings. The summed E-state index contributed by atoms with van der Waals surface area (Å²) in [6.07, 6.45) is 5.52. The van der Waals surface area contributed by atoms with E-state index in [1.54, 1.807) is 27.5 Å². The topological polar surface area (TPSA) is 53.8 Å². The van der Waals surface area contributed by atoms with Crippen molar-refractivity contribution < 1.29 is 18.0 Å². The van der Waals surface area contributed by atoms with Gasteiger partial charge in [-0.15, -0.1) is 0 Å². The molecule has 0 atom stereocenters. The van der Waals surface area contributed by atoms with E-state index in [0.29, 0.717) is 0 Å². The Bertz CT molecular complexity index is 195. The van der Waals surface area contributed by atoms with Gasteiger partial charge in [0, 0.05) is 33.8 Å². The average molecular weight is 249 g/mol. The molecule has 0 heterocycles. The van der Waals surface area contributed by atoms with E-state index in [4.69, 9.17) is 13.3 Å². The molecule has 0 unspecified atom stereocenters. The maximum absolute atomic E-state index is 10.6. The van der Waals surface area contributed by atoms with E-state index in [9.17, 15) is 5.21 Å². The van der Waals surface area contributed by atoms with Crippen molar-refractivity contribution in [3.63, 3.8) is 0 Å². The van der Waals surface area contributed by atoms with Gasteiger partial charge >= 0.3 is 8.80 Å². The number of unbranched alkanes of at least 4 members (excludes halogenated alkanes) is 3. The van der Waals surface area contributed by atoms with E-state index in [0.717, 1.165) is 36.5 Å². The normalized spacial score (nSPS) is 13.1. The second-order valence-electron chi connectivity index (χ2n) is 3.62. The molecule has 96 valence electrons. The highest BCUT2D eigenvalue weighted by Gasteiger charge is 2.36. The molecule has 0 rings (SSSR count). The number of rotatable bonds is 9. The SMILES string of the molecule is CO[Si](CCCCC/C=[N+](/C)[O-])(OC)OC. The average Bonchev–Trinajstić information content (AvgIpc) is 2.29. The van der Waals surface area contributed by atoms with Gasteiger partial charge in [0.1, 0.15) is 7.05 Å². The minimum atomic E-state index is -2.38. The molecule has 6 heteroatoms. The molecule has 0 amide bonds. The molecule has 0 aromatic carbocycles. The Morgan fingerprint density at radius 2 is 1.62 bits per heavy atom. The predicted octanol–water partition coefficient (Wildman–Crippen LogP) is 1.64. The van der Waals surface area contributed by atoms with Gasteiger partial charge in [0.15, 0.2) is 6.21 Å². The Labute approximate surface area is 99.0 Å². The standard InChI is InChI=1S/C10H23NO4Si/c1-11(12)9-7-5-6-8-10-16(13-2,14-3)15-4/h9H,5-8,10H2,1-4H3/b11-9-. The van der Waals surface area contributed by atoms with Crippen LogP contribution in [0.3, 0.4) is 0 Å². The highest BCUT2D eigenvalue weighted by atomic mass is 28.4. The summed E-state index contributed by atoms with van der Waals surface area (Å²) in [5, 5.41) is 10.6. The van der Waals surface area contributed by atoms with E-state index in [1.807, 2.05) is 0 Å². The summed E-state index contributed by atoms with van der Waals surface area (Å²) in [5.41, 5.74) is 0. The minimum Gasteiger partial charge on any atom is -0.624 e. The number of hydroxylamine groups is 1. The number of hydrogen-bond acceptors (Lipinski definition) is 4. The Balaban J connectivity index is 3.67. The molecule has 0 spiro atoms. The molecule has 0 saturated heterocycles. The summed E-state index contributed by atoms with van der Waals surface area (Å²) in [4.78, 5) is 0. The largest absolute Gasteiger partial charge is 0.624 e. The van der Waals surface area contributed by atoms with Crippen molar-refractivity contribution in [1.29, 1.82) is 0 Å². The van der Waals surface area contributed by atoms with Crippen LogP contribution in [0.1, 0.15) is 25.7 Å². The Morgan fingerprint density at radius 1 is 1.06 bits per heavy atom. The highest BCUT2D eigenvalue weighted by Crippen LogP contribution is 2.17. The van der Waals surface area contributed by atoms with E-state index < -0.39 is 8.80 Å². The van der Waals surface area contributed by atoms with Crippen LogP contribution < -0.4 is 0 Å². The Morgan fingerprint density at radius 3 is 2.06 bits per heavy atom. The van der Waals surface area contributed by atoms with Crippen LogP contribution in [0.25, 0.3) is 0 Å². The van der Waals surface area contributed by atoms with Gasteiger partial charge in [-0.05, 0) is 12.8 Å². The van der Waals surface area contributed by atoms with Gasteiger partial charge in [0.2, 0.25) is 0 Å². The molecule has 0 fully saturated rings. The maximum Gasteiger partial charge on any atom is 0.500 e. The van der Waals surface area contributed by atoms with Crippen molar-refractivity contribution in [2.24, 2.45) is 0 Å². The fourth-order valence-electron chi connectivity index (χ4n) is 1.49. The van der Waals surface area contributed by atoms with Crippen LogP contribution in [0.5, 0.6) is 0 Å². The van der Waals surface area contributed by atoms with Gasteiger partial charge in [0.05, 0.1) is 0 Å². The minimum absolute atomic E-state index is 0.821. The summed E-state index contributed by atoms with van der Waals surface area (Å²) >= 11 is 0. The zero-order valence-electron chi connectivity index (χ0n) is 10.7. The Hall–Kier alpha value is -0.433. The van der Waals surface area contributed by atoms with Gasteiger partial charge in [-0.25, -0.2) is 4.74 Å². The fourth-order valence-corrected chi connectivity index (χ4v) is 3.29. The van der Waals surface area contributed by atoms with Crippen LogP contribution in [0.15, 0.2) is 0 Å². The van der Waals surface area contributed by atoms with E-state index in [2.05, 4.69) is 0 Å². The summed E-state index contributed by atoms with van der Waals surface area (Å²) < 4.78 is 16.8. The van der Waals surface area contributed by atoms with Gasteiger partial charge in [-0.3, -0.25) is 0 Å². The van der Waals surface area contributed by atoms with Crippen LogP contribution >= 0.6 is 0 Å². The monoisotopic (exact) mass is 249 g/mol. The van der Waals surface area contributed by atoms with Crippen LogP contribution in [-0.4, -0.2) is 48.1 Å². The van der Waals surface area contributed by atoms with Crippen molar-refractivity contribution in [1.82, 2.24) is 0 Å². The summed E-state index contributed by atoms with van der Waals surface area (Å²) in [6, 6.07) is 0.823. The van der Waals surface area contributed by atoms with Gasteiger partial charge in [0.25, 0.3) is 0 Å². The third kappa shape index (κ3) is 6.22. The van der Waals surface area contributed by atoms with E-state index >= 15 is 0 Å². The maximum atomic E-state index is 10.6. The molecule has 0 aromatic rings. The molecule has 0 aliphatic heterocycles. The molecule has 0 N–H and O–H groups in total. The first-order chi connectivity index (χ1) is 7.60. The number of nitrogens with zero attached hydrogens (tertiary/aromatic N) is 1. The van der Waals surface area contributed by atoms with Crippen LogP contribution in [0.2, 0.25) is 6.04 Å². The van der Waals surface area contributed by atoms with Crippen LogP contribution in [-0.2, 0) is 13.3 Å². The van der Waals surface area contributed by atoms with Crippen molar-refractivity contribution in [3.8, 4) is 0 Å². The lowest BCUT2D eigenvalue weighted by Crippen LogP contribution is -2.42. The summed E-state index contributed by atoms with van der Waals surface area (Å²) in [6.45, 7) is 0. The van der Waals surface area contributed by atoms with E-state index in [1.165, 1.54) is 7.05 Å². The molecule has 0 aromatic heterocycles. The molecule has 16 heavy (non-hydrogen) atoms. The lowest BCUT2D eigenvalue weighted by molar-refractivity contribution is -0.418. The first-order valence-electron chi connectivity index (χ1n) is 5.49. The van der Waals surface area contributed by atoms with Gasteiger partial charge in [-0.2, -0.15) is 0 Å². The second-order valence-corrected chi connectivity index (χ2v) is 6.71. The van der Waals surface area contributed by atoms with Gasteiger partial charge in [-0.1, -0.05) is 6.42 Å². The summed E-state index contributed by atoms with van der Waals surface area (Å²) in [5.74, 6) is 0. The lowest BCUT2D eigenvalue weighted by atomic mass is 10.2. The molecular formula is C10H23NO4Si. The lowest BCUT2D eigenvalue weighted by Gasteiger charge is -2.24.